The maximum Gasteiger partial charge on any atom is 0.339 e. The average Bonchev–Trinajstić information content (AvgIpc) is 2.45. The van der Waals surface area contributed by atoms with Crippen LogP contribution in [0.25, 0.3) is 11.1 Å². The Hall–Kier alpha value is -2.90. The van der Waals surface area contributed by atoms with Crippen LogP contribution in [0, 0.1) is 23.3 Å². The van der Waals surface area contributed by atoms with Gasteiger partial charge in [-0.1, -0.05) is 18.2 Å². The van der Waals surface area contributed by atoms with E-state index in [1.165, 1.54) is 12.1 Å². The van der Waals surface area contributed by atoms with Crippen LogP contribution in [-0.4, -0.2) is 22.2 Å². The maximum atomic E-state index is 14.0. The number of benzene rings is 2. The van der Waals surface area contributed by atoms with Gasteiger partial charge in [-0.2, -0.15) is 0 Å². The third kappa shape index (κ3) is 2.28. The van der Waals surface area contributed by atoms with Gasteiger partial charge >= 0.3 is 11.9 Å². The fourth-order valence-corrected chi connectivity index (χ4v) is 1.99. The summed E-state index contributed by atoms with van der Waals surface area (Å²) in [5, 5.41) is 17.9. The normalized spacial score (nSPS) is 10.5. The van der Waals surface area contributed by atoms with Crippen molar-refractivity contribution in [1.29, 1.82) is 0 Å². The first-order valence-corrected chi connectivity index (χ1v) is 5.69. The van der Waals surface area contributed by atoms with E-state index in [0.717, 1.165) is 12.1 Å². The lowest BCUT2D eigenvalue weighted by atomic mass is 9.93. The number of carbonyl (C=O) groups is 2. The number of rotatable bonds is 3. The third-order valence-corrected chi connectivity index (χ3v) is 2.90. The Balaban J connectivity index is 3.04. The molecule has 0 fully saturated rings. The lowest BCUT2D eigenvalue weighted by Gasteiger charge is -2.13. The second-order valence-electron chi connectivity index (χ2n) is 4.16. The Bertz CT molecular complexity index is 802. The molecule has 0 atom stereocenters. The van der Waals surface area contributed by atoms with E-state index in [1.54, 1.807) is 0 Å². The minimum atomic E-state index is -2.19. The van der Waals surface area contributed by atoms with Gasteiger partial charge in [0, 0.05) is 11.1 Å². The Morgan fingerprint density at radius 3 is 1.82 bits per heavy atom. The molecule has 0 unspecified atom stereocenters. The summed E-state index contributed by atoms with van der Waals surface area (Å²) in [6, 6.07) is 4.16. The Morgan fingerprint density at radius 2 is 1.32 bits per heavy atom. The van der Waals surface area contributed by atoms with Crippen LogP contribution in [0.1, 0.15) is 20.7 Å². The van der Waals surface area contributed by atoms with Crippen molar-refractivity contribution in [3.05, 3.63) is 58.7 Å². The Morgan fingerprint density at radius 1 is 0.773 bits per heavy atom. The van der Waals surface area contributed by atoms with Gasteiger partial charge in [-0.05, 0) is 6.07 Å². The van der Waals surface area contributed by atoms with E-state index in [2.05, 4.69) is 0 Å². The van der Waals surface area contributed by atoms with Crippen molar-refractivity contribution in [1.82, 2.24) is 0 Å². The molecule has 0 aliphatic rings. The number of hydrogen-bond acceptors (Lipinski definition) is 2. The van der Waals surface area contributed by atoms with Crippen LogP contribution in [0.3, 0.4) is 0 Å². The molecular formula is C14H6F4O4. The molecular weight excluding hydrogens is 308 g/mol. The minimum absolute atomic E-state index is 0.696. The molecule has 8 heteroatoms. The van der Waals surface area contributed by atoms with Crippen molar-refractivity contribution < 1.29 is 37.4 Å². The van der Waals surface area contributed by atoms with Crippen molar-refractivity contribution in [3.63, 3.8) is 0 Å². The van der Waals surface area contributed by atoms with Gasteiger partial charge in [0.05, 0.1) is 5.56 Å². The standard InChI is InChI=1S/C14H6F4O4/c15-6-4-2-1-3-5(6)7-8(13(19)20)9(14(21)22)11(17)12(18)10(7)16/h1-4H,(H,19,20)(H,21,22). The molecule has 0 spiro atoms. The van der Waals surface area contributed by atoms with Crippen molar-refractivity contribution in [3.8, 4) is 11.1 Å². The van der Waals surface area contributed by atoms with Crippen LogP contribution in [-0.2, 0) is 0 Å². The van der Waals surface area contributed by atoms with Gasteiger partial charge in [-0.3, -0.25) is 0 Å². The van der Waals surface area contributed by atoms with Crippen LogP contribution < -0.4 is 0 Å². The monoisotopic (exact) mass is 314 g/mol. The number of aromatic carboxylic acids is 2. The van der Waals surface area contributed by atoms with Crippen LogP contribution in [0.5, 0.6) is 0 Å². The molecule has 0 amide bonds. The van der Waals surface area contributed by atoms with Crippen molar-refractivity contribution in [2.45, 2.75) is 0 Å². The zero-order valence-corrected chi connectivity index (χ0v) is 10.5. The van der Waals surface area contributed by atoms with Crippen LogP contribution >= 0.6 is 0 Å². The molecule has 2 aromatic rings. The molecule has 0 aliphatic heterocycles. The summed E-state index contributed by atoms with van der Waals surface area (Å²) in [6.45, 7) is 0. The molecule has 0 aliphatic carbocycles. The lowest BCUT2D eigenvalue weighted by molar-refractivity contribution is 0.0645. The first kappa shape index (κ1) is 15.5. The number of hydrogen-bond donors (Lipinski definition) is 2. The quantitative estimate of drug-likeness (QED) is 0.673. The van der Waals surface area contributed by atoms with Crippen molar-refractivity contribution >= 4 is 11.9 Å². The molecule has 0 radical (unpaired) electrons. The molecule has 2 aromatic carbocycles. The van der Waals surface area contributed by atoms with E-state index >= 15 is 0 Å². The topological polar surface area (TPSA) is 74.6 Å². The lowest BCUT2D eigenvalue weighted by Crippen LogP contribution is -2.16. The van der Waals surface area contributed by atoms with E-state index in [-0.39, 0.29) is 0 Å². The number of carboxylic acid groups (broad SMARTS) is 2. The SMILES string of the molecule is O=C(O)c1c(F)c(F)c(F)c(-c2ccccc2F)c1C(=O)O. The van der Waals surface area contributed by atoms with Gasteiger partial charge < -0.3 is 10.2 Å². The van der Waals surface area contributed by atoms with Gasteiger partial charge in [-0.25, -0.2) is 27.2 Å². The highest BCUT2D eigenvalue weighted by Crippen LogP contribution is 2.34. The molecule has 2 rings (SSSR count). The van der Waals surface area contributed by atoms with E-state index in [9.17, 15) is 27.2 Å². The molecule has 0 saturated carbocycles. The van der Waals surface area contributed by atoms with Gasteiger partial charge in [0.1, 0.15) is 11.4 Å². The fourth-order valence-electron chi connectivity index (χ4n) is 1.99. The molecule has 2 N–H and O–H groups in total. The van der Waals surface area contributed by atoms with E-state index in [1.807, 2.05) is 0 Å². The van der Waals surface area contributed by atoms with Crippen LogP contribution in [0.15, 0.2) is 24.3 Å². The van der Waals surface area contributed by atoms with Gasteiger partial charge in [0.15, 0.2) is 17.5 Å². The summed E-state index contributed by atoms with van der Waals surface area (Å²) in [5.41, 5.74) is -4.81. The first-order valence-electron chi connectivity index (χ1n) is 5.69. The summed E-state index contributed by atoms with van der Waals surface area (Å²) >= 11 is 0. The number of carboxylic acids is 2. The first-order chi connectivity index (χ1) is 10.3. The largest absolute Gasteiger partial charge is 0.478 e. The Labute approximate surface area is 120 Å². The van der Waals surface area contributed by atoms with Gasteiger partial charge in [0.25, 0.3) is 0 Å². The number of halogens is 4. The highest BCUT2D eigenvalue weighted by Gasteiger charge is 2.33. The second kappa shape index (κ2) is 5.47. The molecule has 0 bridgehead atoms. The van der Waals surface area contributed by atoms with E-state index < -0.39 is 57.5 Å². The van der Waals surface area contributed by atoms with Crippen molar-refractivity contribution in [2.75, 3.05) is 0 Å². The third-order valence-electron chi connectivity index (χ3n) is 2.90. The van der Waals surface area contributed by atoms with Crippen molar-refractivity contribution in [2.24, 2.45) is 0 Å². The Kier molecular flexibility index (Phi) is 3.85. The predicted octanol–water partition coefficient (Wildman–Crippen LogP) is 3.31. The zero-order valence-electron chi connectivity index (χ0n) is 10.5. The summed E-state index contributed by atoms with van der Waals surface area (Å²) in [4.78, 5) is 22.2. The highest BCUT2D eigenvalue weighted by atomic mass is 19.2. The van der Waals surface area contributed by atoms with Crippen LogP contribution in [0.2, 0.25) is 0 Å². The fraction of sp³-hybridized carbons (Fsp3) is 0. The van der Waals surface area contributed by atoms with Crippen LogP contribution in [0.4, 0.5) is 17.6 Å². The molecule has 0 saturated heterocycles. The highest BCUT2D eigenvalue weighted by molar-refractivity contribution is 6.07. The van der Waals surface area contributed by atoms with Gasteiger partial charge in [-0.15, -0.1) is 0 Å². The van der Waals surface area contributed by atoms with Gasteiger partial charge in [0.2, 0.25) is 0 Å². The minimum Gasteiger partial charge on any atom is -0.478 e. The maximum absolute atomic E-state index is 14.0. The zero-order chi connectivity index (χ0) is 16.6. The smallest absolute Gasteiger partial charge is 0.339 e. The van der Waals surface area contributed by atoms with E-state index in [4.69, 9.17) is 10.2 Å². The molecule has 0 aromatic heterocycles. The average molecular weight is 314 g/mol. The van der Waals surface area contributed by atoms with E-state index in [0.29, 0.717) is 0 Å². The predicted molar refractivity (Wildman–Crippen MR) is 65.6 cm³/mol. The molecule has 22 heavy (non-hydrogen) atoms. The molecule has 4 nitrogen and oxygen atoms in total. The second-order valence-corrected chi connectivity index (χ2v) is 4.16. The summed E-state index contributed by atoms with van der Waals surface area (Å²) in [7, 11) is 0. The molecule has 0 heterocycles. The summed E-state index contributed by atoms with van der Waals surface area (Å²) < 4.78 is 54.8. The summed E-state index contributed by atoms with van der Waals surface area (Å²) in [5.74, 6) is -11.6. The summed E-state index contributed by atoms with van der Waals surface area (Å²) in [6.07, 6.45) is 0. The molecule has 114 valence electrons.